The lowest BCUT2D eigenvalue weighted by Crippen LogP contribution is -2.15. The van der Waals surface area contributed by atoms with Crippen LogP contribution in [0.3, 0.4) is 0 Å². The summed E-state index contributed by atoms with van der Waals surface area (Å²) in [6, 6.07) is 14.0. The fourth-order valence-electron chi connectivity index (χ4n) is 2.88. The van der Waals surface area contributed by atoms with Crippen LogP contribution in [0.5, 0.6) is 0 Å². The van der Waals surface area contributed by atoms with E-state index in [1.54, 1.807) is 34.9 Å². The zero-order valence-corrected chi connectivity index (χ0v) is 18.8. The number of hydrogen-bond donors (Lipinski definition) is 1. The Hall–Kier alpha value is -2.65. The van der Waals surface area contributed by atoms with Crippen molar-refractivity contribution in [2.24, 2.45) is 0 Å². The van der Waals surface area contributed by atoms with E-state index < -0.39 is 9.84 Å². The van der Waals surface area contributed by atoms with Gasteiger partial charge in [-0.05, 0) is 56.2 Å². The molecule has 1 N–H and O–H groups in total. The smallest absolute Gasteiger partial charge is 0.234 e. The maximum atomic E-state index is 12.6. The predicted octanol–water partition coefficient (Wildman–Crippen LogP) is 3.62. The van der Waals surface area contributed by atoms with Crippen molar-refractivity contribution in [2.45, 2.75) is 43.1 Å². The molecule has 0 fully saturated rings. The van der Waals surface area contributed by atoms with Crippen LogP contribution in [0, 0.1) is 13.8 Å². The average molecular weight is 445 g/mol. The first-order valence-electron chi connectivity index (χ1n) is 9.50. The van der Waals surface area contributed by atoms with Gasteiger partial charge in [-0.1, -0.05) is 36.0 Å². The van der Waals surface area contributed by atoms with Gasteiger partial charge in [-0.15, -0.1) is 10.2 Å². The van der Waals surface area contributed by atoms with Gasteiger partial charge in [0.2, 0.25) is 5.91 Å². The van der Waals surface area contributed by atoms with E-state index in [0.717, 1.165) is 16.8 Å². The standard InChI is InChI=1S/C21H24N4O3S2/c1-4-25-19(14-30(27,28)18-8-6-5-7-9-18)23-24-21(25)29-13-20(26)22-17-11-10-15(2)16(3)12-17/h5-12H,4,13-14H2,1-3H3,(H,22,26). The van der Waals surface area contributed by atoms with Crippen LogP contribution in [-0.4, -0.2) is 34.8 Å². The minimum absolute atomic E-state index is 0.149. The lowest BCUT2D eigenvalue weighted by atomic mass is 10.1. The van der Waals surface area contributed by atoms with Crippen LogP contribution in [0.15, 0.2) is 58.6 Å². The van der Waals surface area contributed by atoms with Crippen molar-refractivity contribution in [1.29, 1.82) is 0 Å². The van der Waals surface area contributed by atoms with Crippen LogP contribution in [0.25, 0.3) is 0 Å². The molecule has 0 saturated heterocycles. The number of anilines is 1. The first-order valence-corrected chi connectivity index (χ1v) is 12.1. The van der Waals surface area contributed by atoms with Gasteiger partial charge in [0.05, 0.1) is 10.6 Å². The topological polar surface area (TPSA) is 93.9 Å². The summed E-state index contributed by atoms with van der Waals surface area (Å²) >= 11 is 1.23. The highest BCUT2D eigenvalue weighted by molar-refractivity contribution is 7.99. The summed E-state index contributed by atoms with van der Waals surface area (Å²) in [7, 11) is -3.52. The first kappa shape index (κ1) is 22.0. The van der Waals surface area contributed by atoms with Crippen LogP contribution in [0.1, 0.15) is 23.9 Å². The van der Waals surface area contributed by atoms with E-state index in [1.807, 2.05) is 39.0 Å². The van der Waals surface area contributed by atoms with Crippen LogP contribution in [0.4, 0.5) is 5.69 Å². The number of nitrogens with zero attached hydrogens (tertiary/aromatic N) is 3. The summed E-state index contributed by atoms with van der Waals surface area (Å²) < 4.78 is 27.0. The lowest BCUT2D eigenvalue weighted by molar-refractivity contribution is -0.113. The zero-order valence-electron chi connectivity index (χ0n) is 17.1. The molecule has 0 saturated carbocycles. The van der Waals surface area contributed by atoms with E-state index in [9.17, 15) is 13.2 Å². The second-order valence-corrected chi connectivity index (χ2v) is 9.78. The minimum atomic E-state index is -3.52. The molecular weight excluding hydrogens is 420 g/mol. The Bertz CT molecular complexity index is 1140. The summed E-state index contributed by atoms with van der Waals surface area (Å²) in [4.78, 5) is 12.6. The zero-order chi connectivity index (χ0) is 21.7. The Morgan fingerprint density at radius 2 is 1.80 bits per heavy atom. The molecule has 0 aliphatic rings. The highest BCUT2D eigenvalue weighted by Crippen LogP contribution is 2.21. The number of benzene rings is 2. The summed E-state index contributed by atoms with van der Waals surface area (Å²) in [5.74, 6) is 0.106. The molecule has 1 amide bonds. The molecule has 0 atom stereocenters. The molecule has 0 aliphatic heterocycles. The molecule has 3 rings (SSSR count). The third kappa shape index (κ3) is 5.28. The number of thioether (sulfide) groups is 1. The van der Waals surface area contributed by atoms with Crippen LogP contribution >= 0.6 is 11.8 Å². The molecule has 0 bridgehead atoms. The monoisotopic (exact) mass is 444 g/mol. The van der Waals surface area contributed by atoms with E-state index in [0.29, 0.717) is 17.5 Å². The number of rotatable bonds is 8. The quantitative estimate of drug-likeness (QED) is 0.533. The van der Waals surface area contributed by atoms with E-state index in [2.05, 4.69) is 15.5 Å². The summed E-state index contributed by atoms with van der Waals surface area (Å²) in [6.07, 6.45) is 0. The van der Waals surface area contributed by atoms with Crippen LogP contribution in [0.2, 0.25) is 0 Å². The van der Waals surface area contributed by atoms with Crippen molar-refractivity contribution >= 4 is 33.2 Å². The number of aryl methyl sites for hydroxylation is 2. The molecule has 30 heavy (non-hydrogen) atoms. The molecule has 7 nitrogen and oxygen atoms in total. The molecule has 1 heterocycles. The summed E-state index contributed by atoms with van der Waals surface area (Å²) in [5.41, 5.74) is 3.02. The van der Waals surface area contributed by atoms with E-state index in [-0.39, 0.29) is 22.3 Å². The number of hydrogen-bond acceptors (Lipinski definition) is 6. The van der Waals surface area contributed by atoms with E-state index >= 15 is 0 Å². The molecule has 9 heteroatoms. The fourth-order valence-corrected chi connectivity index (χ4v) is 4.99. The van der Waals surface area contributed by atoms with E-state index in [1.165, 1.54) is 11.8 Å². The number of carbonyl (C=O) groups is 1. The van der Waals surface area contributed by atoms with Crippen LogP contribution in [-0.2, 0) is 26.9 Å². The Morgan fingerprint density at radius 3 is 2.47 bits per heavy atom. The highest BCUT2D eigenvalue weighted by Gasteiger charge is 2.21. The number of aromatic nitrogens is 3. The van der Waals surface area contributed by atoms with Gasteiger partial charge in [-0.3, -0.25) is 4.79 Å². The van der Waals surface area contributed by atoms with Gasteiger partial charge in [-0.25, -0.2) is 8.42 Å². The Kier molecular flexibility index (Phi) is 6.94. The molecule has 0 spiro atoms. The van der Waals surface area contributed by atoms with Gasteiger partial charge in [0.15, 0.2) is 15.0 Å². The molecule has 0 radical (unpaired) electrons. The SMILES string of the molecule is CCn1c(CS(=O)(=O)c2ccccc2)nnc1SCC(=O)Nc1ccc(C)c(C)c1. The average Bonchev–Trinajstić information content (AvgIpc) is 3.10. The highest BCUT2D eigenvalue weighted by atomic mass is 32.2. The maximum Gasteiger partial charge on any atom is 0.234 e. The van der Waals surface area contributed by atoms with Crippen molar-refractivity contribution in [3.05, 3.63) is 65.5 Å². The van der Waals surface area contributed by atoms with Gasteiger partial charge in [0.25, 0.3) is 0 Å². The number of amides is 1. The first-order chi connectivity index (χ1) is 14.3. The number of carbonyl (C=O) groups excluding carboxylic acids is 1. The third-order valence-corrected chi connectivity index (χ3v) is 7.25. The Balaban J connectivity index is 1.67. The molecule has 158 valence electrons. The van der Waals surface area contributed by atoms with Crippen LogP contribution < -0.4 is 5.32 Å². The van der Waals surface area contributed by atoms with Gasteiger partial charge in [0.1, 0.15) is 11.6 Å². The van der Waals surface area contributed by atoms with E-state index in [4.69, 9.17) is 0 Å². The predicted molar refractivity (Wildman–Crippen MR) is 118 cm³/mol. The van der Waals surface area contributed by atoms with Gasteiger partial charge >= 0.3 is 0 Å². The van der Waals surface area contributed by atoms with Crippen molar-refractivity contribution in [3.63, 3.8) is 0 Å². The van der Waals surface area contributed by atoms with Gasteiger partial charge in [0, 0.05) is 12.2 Å². The fraction of sp³-hybridized carbons (Fsp3) is 0.286. The molecule has 0 unspecified atom stereocenters. The van der Waals surface area contributed by atoms with Crippen molar-refractivity contribution in [1.82, 2.24) is 14.8 Å². The number of nitrogens with one attached hydrogen (secondary N) is 1. The number of sulfone groups is 1. The normalized spacial score (nSPS) is 11.4. The van der Waals surface area contributed by atoms with Crippen molar-refractivity contribution < 1.29 is 13.2 Å². The summed E-state index contributed by atoms with van der Waals surface area (Å²) in [6.45, 7) is 6.41. The summed E-state index contributed by atoms with van der Waals surface area (Å²) in [5, 5.41) is 11.6. The molecule has 0 aliphatic carbocycles. The minimum Gasteiger partial charge on any atom is -0.325 e. The van der Waals surface area contributed by atoms with Gasteiger partial charge < -0.3 is 9.88 Å². The van der Waals surface area contributed by atoms with Crippen molar-refractivity contribution in [2.75, 3.05) is 11.1 Å². The molecule has 3 aromatic rings. The van der Waals surface area contributed by atoms with Gasteiger partial charge in [-0.2, -0.15) is 0 Å². The van der Waals surface area contributed by atoms with Crippen molar-refractivity contribution in [3.8, 4) is 0 Å². The molecule has 1 aromatic heterocycles. The maximum absolute atomic E-state index is 12.6. The second-order valence-electron chi connectivity index (χ2n) is 6.85. The largest absolute Gasteiger partial charge is 0.325 e. The second kappa shape index (κ2) is 9.44. The third-order valence-electron chi connectivity index (χ3n) is 4.65. The molecule has 2 aromatic carbocycles. The Labute approximate surface area is 180 Å². The molecular formula is C21H24N4O3S2. The lowest BCUT2D eigenvalue weighted by Gasteiger charge is -2.09. The Morgan fingerprint density at radius 1 is 1.07 bits per heavy atom.